The summed E-state index contributed by atoms with van der Waals surface area (Å²) in [5, 5.41) is 11.8. The Balaban J connectivity index is 1.66. The molecular formula is C16H22N2O4. The Morgan fingerprint density at radius 3 is 2.59 bits per heavy atom. The average molecular weight is 306 g/mol. The molecular weight excluding hydrogens is 284 g/mol. The monoisotopic (exact) mass is 306 g/mol. The van der Waals surface area contributed by atoms with Crippen LogP contribution in [0.5, 0.6) is 5.75 Å². The Kier molecular flexibility index (Phi) is 5.77. The van der Waals surface area contributed by atoms with Crippen LogP contribution in [0.4, 0.5) is 0 Å². The molecule has 2 N–H and O–H groups in total. The number of ether oxygens (including phenoxy) is 1. The molecule has 1 amide bonds. The summed E-state index contributed by atoms with van der Waals surface area (Å²) in [7, 11) is 0. The van der Waals surface area contributed by atoms with Gasteiger partial charge in [0.05, 0.1) is 6.54 Å². The number of benzene rings is 1. The molecule has 0 radical (unpaired) electrons. The van der Waals surface area contributed by atoms with Crippen LogP contribution in [0.2, 0.25) is 0 Å². The highest BCUT2D eigenvalue weighted by atomic mass is 16.5. The summed E-state index contributed by atoms with van der Waals surface area (Å²) < 4.78 is 5.39. The molecule has 0 saturated heterocycles. The molecule has 0 aromatic heterocycles. The van der Waals surface area contributed by atoms with Crippen molar-refractivity contribution in [3.63, 3.8) is 0 Å². The van der Waals surface area contributed by atoms with Crippen molar-refractivity contribution < 1.29 is 19.4 Å². The van der Waals surface area contributed by atoms with Gasteiger partial charge in [0, 0.05) is 12.1 Å². The molecule has 6 nitrogen and oxygen atoms in total. The van der Waals surface area contributed by atoms with Gasteiger partial charge in [0.1, 0.15) is 5.75 Å². The fourth-order valence-electron chi connectivity index (χ4n) is 2.61. The predicted octanol–water partition coefficient (Wildman–Crippen LogP) is 1.12. The Morgan fingerprint density at radius 2 is 2.00 bits per heavy atom. The Bertz CT molecular complexity index is 500. The Hall–Kier alpha value is -2.08. The summed E-state index contributed by atoms with van der Waals surface area (Å²) in [6.07, 6.45) is 1.58. The summed E-state index contributed by atoms with van der Waals surface area (Å²) in [6, 6.07) is 9.55. The molecule has 1 aliphatic rings. The minimum absolute atomic E-state index is 0.00218. The van der Waals surface area contributed by atoms with Crippen LogP contribution < -0.4 is 10.1 Å². The third-order valence-electron chi connectivity index (χ3n) is 3.85. The number of nitrogens with one attached hydrogen (secondary N) is 1. The number of carboxylic acids is 1. The van der Waals surface area contributed by atoms with E-state index in [9.17, 15) is 9.59 Å². The van der Waals surface area contributed by atoms with E-state index in [1.165, 1.54) is 0 Å². The third-order valence-corrected chi connectivity index (χ3v) is 3.85. The second-order valence-electron chi connectivity index (χ2n) is 5.45. The van der Waals surface area contributed by atoms with E-state index < -0.39 is 5.97 Å². The van der Waals surface area contributed by atoms with E-state index >= 15 is 0 Å². The van der Waals surface area contributed by atoms with Gasteiger partial charge in [-0.05, 0) is 31.5 Å². The number of aliphatic carboxylic acids is 1. The van der Waals surface area contributed by atoms with Crippen LogP contribution in [-0.2, 0) is 9.59 Å². The van der Waals surface area contributed by atoms with Gasteiger partial charge in [0.25, 0.3) is 5.91 Å². The first kappa shape index (κ1) is 16.3. The van der Waals surface area contributed by atoms with Gasteiger partial charge < -0.3 is 15.2 Å². The van der Waals surface area contributed by atoms with E-state index in [0.717, 1.165) is 12.8 Å². The topological polar surface area (TPSA) is 78.9 Å². The molecule has 1 aromatic rings. The highest BCUT2D eigenvalue weighted by Crippen LogP contribution is 2.25. The zero-order valence-corrected chi connectivity index (χ0v) is 12.7. The van der Waals surface area contributed by atoms with Gasteiger partial charge in [0.2, 0.25) is 0 Å². The molecule has 1 saturated carbocycles. The van der Waals surface area contributed by atoms with E-state index in [1.54, 1.807) is 12.1 Å². The molecule has 0 unspecified atom stereocenters. The van der Waals surface area contributed by atoms with Gasteiger partial charge in [-0.3, -0.25) is 14.5 Å². The van der Waals surface area contributed by atoms with E-state index in [-0.39, 0.29) is 31.1 Å². The van der Waals surface area contributed by atoms with Crippen LogP contribution in [0.3, 0.4) is 0 Å². The number of rotatable bonds is 8. The summed E-state index contributed by atoms with van der Waals surface area (Å²) in [5.41, 5.74) is 0. The lowest BCUT2D eigenvalue weighted by Gasteiger charge is -2.42. The standard InChI is InChI=1S/C16H22N2O4/c1-2-18(10-16(20)21)13-8-12(9-13)17-15(19)11-22-14-6-4-3-5-7-14/h3-7,12-13H,2,8-11H2,1H3,(H,17,19)(H,20,21). The number of carbonyl (C=O) groups excluding carboxylic acids is 1. The number of carboxylic acid groups (broad SMARTS) is 1. The maximum atomic E-state index is 11.8. The van der Waals surface area contributed by atoms with Crippen LogP contribution >= 0.6 is 0 Å². The predicted molar refractivity (Wildman–Crippen MR) is 81.8 cm³/mol. The van der Waals surface area contributed by atoms with Gasteiger partial charge in [-0.25, -0.2) is 0 Å². The summed E-state index contributed by atoms with van der Waals surface area (Å²) in [5.74, 6) is -0.290. The summed E-state index contributed by atoms with van der Waals surface area (Å²) in [4.78, 5) is 24.5. The molecule has 0 atom stereocenters. The van der Waals surface area contributed by atoms with Gasteiger partial charge in [-0.15, -0.1) is 0 Å². The van der Waals surface area contributed by atoms with Crippen LogP contribution in [0.1, 0.15) is 19.8 Å². The lowest BCUT2D eigenvalue weighted by atomic mass is 9.85. The van der Waals surface area contributed by atoms with Gasteiger partial charge in [-0.1, -0.05) is 25.1 Å². The number of amides is 1. The van der Waals surface area contributed by atoms with Crippen molar-refractivity contribution in [1.82, 2.24) is 10.2 Å². The smallest absolute Gasteiger partial charge is 0.317 e. The summed E-state index contributed by atoms with van der Waals surface area (Å²) >= 11 is 0. The van der Waals surface area contributed by atoms with E-state index in [4.69, 9.17) is 9.84 Å². The molecule has 0 aliphatic heterocycles. The zero-order chi connectivity index (χ0) is 15.9. The quantitative estimate of drug-likeness (QED) is 0.752. The maximum absolute atomic E-state index is 11.8. The lowest BCUT2D eigenvalue weighted by molar-refractivity contribution is -0.139. The van der Waals surface area contributed by atoms with Crippen molar-refractivity contribution >= 4 is 11.9 Å². The van der Waals surface area contributed by atoms with Crippen molar-refractivity contribution in [3.8, 4) is 5.75 Å². The molecule has 0 spiro atoms. The Morgan fingerprint density at radius 1 is 1.32 bits per heavy atom. The number of nitrogens with zero attached hydrogens (tertiary/aromatic N) is 1. The molecule has 0 heterocycles. The molecule has 0 bridgehead atoms. The van der Waals surface area contributed by atoms with Gasteiger partial charge in [0.15, 0.2) is 6.61 Å². The third kappa shape index (κ3) is 4.73. The minimum atomic E-state index is -0.814. The molecule has 120 valence electrons. The van der Waals surface area contributed by atoms with Crippen LogP contribution in [-0.4, -0.2) is 53.7 Å². The maximum Gasteiger partial charge on any atom is 0.317 e. The second-order valence-corrected chi connectivity index (χ2v) is 5.45. The number of para-hydroxylation sites is 1. The fourth-order valence-corrected chi connectivity index (χ4v) is 2.61. The van der Waals surface area contributed by atoms with E-state index in [1.807, 2.05) is 30.0 Å². The van der Waals surface area contributed by atoms with Crippen molar-refractivity contribution in [2.45, 2.75) is 31.8 Å². The normalized spacial score (nSPS) is 20.3. The highest BCUT2D eigenvalue weighted by molar-refractivity contribution is 5.78. The van der Waals surface area contributed by atoms with Gasteiger partial charge >= 0.3 is 5.97 Å². The van der Waals surface area contributed by atoms with Crippen molar-refractivity contribution in [3.05, 3.63) is 30.3 Å². The van der Waals surface area contributed by atoms with Crippen molar-refractivity contribution in [2.24, 2.45) is 0 Å². The minimum Gasteiger partial charge on any atom is -0.484 e. The SMILES string of the molecule is CCN(CC(=O)O)C1CC(NC(=O)COc2ccccc2)C1. The molecule has 22 heavy (non-hydrogen) atoms. The first-order chi connectivity index (χ1) is 10.6. The van der Waals surface area contributed by atoms with Gasteiger partial charge in [-0.2, -0.15) is 0 Å². The van der Waals surface area contributed by atoms with Crippen LogP contribution in [0, 0.1) is 0 Å². The molecule has 1 fully saturated rings. The molecule has 1 aromatic carbocycles. The van der Waals surface area contributed by atoms with E-state index in [2.05, 4.69) is 5.32 Å². The summed E-state index contributed by atoms with van der Waals surface area (Å²) in [6.45, 7) is 2.70. The van der Waals surface area contributed by atoms with Crippen LogP contribution in [0.25, 0.3) is 0 Å². The Labute approximate surface area is 130 Å². The lowest BCUT2D eigenvalue weighted by Crippen LogP contribution is -2.55. The second kappa shape index (κ2) is 7.79. The molecule has 6 heteroatoms. The number of carbonyl (C=O) groups is 2. The number of hydrogen-bond acceptors (Lipinski definition) is 4. The number of likely N-dealkylation sites (N-methyl/N-ethyl adjacent to an activating group) is 1. The fraction of sp³-hybridized carbons (Fsp3) is 0.500. The largest absolute Gasteiger partial charge is 0.484 e. The highest BCUT2D eigenvalue weighted by Gasteiger charge is 2.34. The molecule has 2 rings (SSSR count). The number of hydrogen-bond donors (Lipinski definition) is 2. The first-order valence-electron chi connectivity index (χ1n) is 7.51. The average Bonchev–Trinajstić information content (AvgIpc) is 2.47. The van der Waals surface area contributed by atoms with Crippen LogP contribution in [0.15, 0.2) is 30.3 Å². The zero-order valence-electron chi connectivity index (χ0n) is 12.7. The van der Waals surface area contributed by atoms with Crippen molar-refractivity contribution in [1.29, 1.82) is 0 Å². The molecule has 1 aliphatic carbocycles. The first-order valence-corrected chi connectivity index (χ1v) is 7.51. The van der Waals surface area contributed by atoms with Crippen molar-refractivity contribution in [2.75, 3.05) is 19.7 Å². The van der Waals surface area contributed by atoms with E-state index in [0.29, 0.717) is 12.3 Å².